The number of thiophene rings is 1. The predicted octanol–water partition coefficient (Wildman–Crippen LogP) is 4.02. The summed E-state index contributed by atoms with van der Waals surface area (Å²) in [6.45, 7) is 7.68. The van der Waals surface area contributed by atoms with Crippen molar-refractivity contribution in [2.45, 2.75) is 59.5 Å². The third-order valence-electron chi connectivity index (χ3n) is 6.27. The molecule has 1 aliphatic carbocycles. The fourth-order valence-corrected chi connectivity index (χ4v) is 5.64. The lowest BCUT2D eigenvalue weighted by molar-refractivity contribution is -0.116. The Hall–Kier alpha value is -2.84. The van der Waals surface area contributed by atoms with Gasteiger partial charge in [-0.15, -0.1) is 11.3 Å². The van der Waals surface area contributed by atoms with Crippen LogP contribution in [-0.4, -0.2) is 39.2 Å². The molecule has 2 aromatic heterocycles. The van der Waals surface area contributed by atoms with E-state index in [1.165, 1.54) is 16.4 Å². The second kappa shape index (κ2) is 9.97. The van der Waals surface area contributed by atoms with E-state index in [-0.39, 0.29) is 23.8 Å². The summed E-state index contributed by atoms with van der Waals surface area (Å²) in [5.74, 6) is 0.229. The number of carbonyl (C=O) groups excluding carboxylic acids is 2. The molecule has 0 spiro atoms. The molecule has 4 rings (SSSR count). The molecule has 1 amide bonds. The summed E-state index contributed by atoms with van der Waals surface area (Å²) in [4.78, 5) is 47.4. The molecule has 0 fully saturated rings. The topological polar surface area (TPSA) is 84.3 Å². The van der Waals surface area contributed by atoms with E-state index in [9.17, 15) is 14.4 Å². The zero-order chi connectivity index (χ0) is 23.5. The van der Waals surface area contributed by atoms with Crippen LogP contribution in [0.3, 0.4) is 0 Å². The van der Waals surface area contributed by atoms with E-state index in [0.29, 0.717) is 29.0 Å². The average Bonchev–Trinajstić information content (AvgIpc) is 3.18. The number of aromatic nitrogens is 2. The lowest BCUT2D eigenvalue weighted by Gasteiger charge is -2.20. The van der Waals surface area contributed by atoms with E-state index >= 15 is 0 Å². The highest BCUT2D eigenvalue weighted by atomic mass is 32.1. The van der Waals surface area contributed by atoms with Crippen LogP contribution in [0.4, 0.5) is 5.69 Å². The van der Waals surface area contributed by atoms with Gasteiger partial charge in [0.25, 0.3) is 5.56 Å². The van der Waals surface area contributed by atoms with Crippen molar-refractivity contribution < 1.29 is 9.59 Å². The number of anilines is 1. The lowest BCUT2D eigenvalue weighted by Crippen LogP contribution is -2.34. The Labute approximate surface area is 197 Å². The number of nitrogens with zero attached hydrogens (tertiary/aromatic N) is 3. The number of amides is 1. The maximum Gasteiger partial charge on any atom is 0.263 e. The SMILES string of the molecule is CCN(CC)Cc1nc2sc3c(c2c(=O)n1CC(=O)Nc1cccc(C(C)=O)c1)CCCC3. The van der Waals surface area contributed by atoms with Crippen molar-refractivity contribution in [2.24, 2.45) is 0 Å². The van der Waals surface area contributed by atoms with E-state index < -0.39 is 0 Å². The molecule has 0 radical (unpaired) electrons. The molecule has 3 aromatic rings. The van der Waals surface area contributed by atoms with Gasteiger partial charge < -0.3 is 5.32 Å². The second-order valence-corrected chi connectivity index (χ2v) is 9.54. The summed E-state index contributed by atoms with van der Waals surface area (Å²) >= 11 is 1.63. The van der Waals surface area contributed by atoms with Crippen LogP contribution in [0.2, 0.25) is 0 Å². The summed E-state index contributed by atoms with van der Waals surface area (Å²) < 4.78 is 1.53. The van der Waals surface area contributed by atoms with Gasteiger partial charge >= 0.3 is 0 Å². The highest BCUT2D eigenvalue weighted by molar-refractivity contribution is 7.18. The number of rotatable bonds is 8. The van der Waals surface area contributed by atoms with Gasteiger partial charge in [-0.1, -0.05) is 26.0 Å². The van der Waals surface area contributed by atoms with Crippen LogP contribution in [-0.2, 0) is 30.7 Å². The minimum atomic E-state index is -0.316. The maximum atomic E-state index is 13.7. The predicted molar refractivity (Wildman–Crippen MR) is 132 cm³/mol. The number of nitrogens with one attached hydrogen (secondary N) is 1. The van der Waals surface area contributed by atoms with Crippen LogP contribution in [0.1, 0.15) is 60.2 Å². The molecule has 8 heteroatoms. The molecular formula is C25H30N4O3S. The lowest BCUT2D eigenvalue weighted by atomic mass is 9.97. The molecule has 0 saturated heterocycles. The van der Waals surface area contributed by atoms with Gasteiger partial charge in [0.15, 0.2) is 5.78 Å². The third-order valence-corrected chi connectivity index (χ3v) is 7.45. The number of Topliss-reactive ketones (excluding diaryl/α,β-unsaturated/α-hetero) is 1. The third kappa shape index (κ3) is 4.91. The Balaban J connectivity index is 1.71. The van der Waals surface area contributed by atoms with Crippen LogP contribution in [0, 0.1) is 0 Å². The first-order chi connectivity index (χ1) is 15.9. The number of hydrogen-bond acceptors (Lipinski definition) is 6. The summed E-state index contributed by atoms with van der Waals surface area (Å²) in [6.07, 6.45) is 4.11. The van der Waals surface area contributed by atoms with Gasteiger partial charge in [0.2, 0.25) is 5.91 Å². The normalized spacial score (nSPS) is 13.3. The Bertz CT molecular complexity index is 1260. The number of carbonyl (C=O) groups is 2. The number of ketones is 1. The van der Waals surface area contributed by atoms with Gasteiger partial charge in [0.1, 0.15) is 17.2 Å². The number of fused-ring (bicyclic) bond motifs is 3. The van der Waals surface area contributed by atoms with Crippen LogP contribution in [0.25, 0.3) is 10.2 Å². The summed E-state index contributed by atoms with van der Waals surface area (Å²) in [5, 5.41) is 3.52. The highest BCUT2D eigenvalue weighted by Gasteiger charge is 2.23. The van der Waals surface area contributed by atoms with E-state index in [2.05, 4.69) is 24.1 Å². The zero-order valence-corrected chi connectivity index (χ0v) is 20.3. The molecule has 1 aliphatic rings. The Morgan fingerprint density at radius 2 is 1.94 bits per heavy atom. The smallest absolute Gasteiger partial charge is 0.263 e. The first kappa shape index (κ1) is 23.3. The minimum absolute atomic E-state index is 0.0688. The van der Waals surface area contributed by atoms with Crippen LogP contribution in [0.5, 0.6) is 0 Å². The highest BCUT2D eigenvalue weighted by Crippen LogP contribution is 2.33. The van der Waals surface area contributed by atoms with Crippen molar-refractivity contribution >= 4 is 38.9 Å². The largest absolute Gasteiger partial charge is 0.325 e. The second-order valence-electron chi connectivity index (χ2n) is 8.46. The molecule has 0 aliphatic heterocycles. The van der Waals surface area contributed by atoms with Crippen molar-refractivity contribution in [3.63, 3.8) is 0 Å². The number of benzene rings is 1. The molecule has 1 aromatic carbocycles. The summed E-state index contributed by atoms with van der Waals surface area (Å²) in [5.41, 5.74) is 2.05. The standard InChI is InChI=1S/C25H30N4O3S/c1-4-28(5-2)14-21-27-24-23(19-11-6-7-12-20(19)33-24)25(32)29(21)15-22(31)26-18-10-8-9-17(13-18)16(3)30/h8-10,13H,4-7,11-12,14-15H2,1-3H3,(H,26,31). The average molecular weight is 467 g/mol. The molecule has 33 heavy (non-hydrogen) atoms. The van der Waals surface area contributed by atoms with Gasteiger partial charge in [-0.25, -0.2) is 4.98 Å². The first-order valence-corrected chi connectivity index (χ1v) is 12.4. The van der Waals surface area contributed by atoms with Crippen molar-refractivity contribution in [3.05, 3.63) is 56.4 Å². The summed E-state index contributed by atoms with van der Waals surface area (Å²) in [6, 6.07) is 6.83. The van der Waals surface area contributed by atoms with Crippen LogP contribution in [0.15, 0.2) is 29.1 Å². The fraction of sp³-hybridized carbons (Fsp3) is 0.440. The Kier molecular flexibility index (Phi) is 7.05. The zero-order valence-electron chi connectivity index (χ0n) is 19.4. The van der Waals surface area contributed by atoms with E-state index in [1.54, 1.807) is 35.6 Å². The molecule has 7 nitrogen and oxygen atoms in total. The molecule has 2 heterocycles. The summed E-state index contributed by atoms with van der Waals surface area (Å²) in [7, 11) is 0. The van der Waals surface area contributed by atoms with Gasteiger partial charge in [-0.3, -0.25) is 23.9 Å². The van der Waals surface area contributed by atoms with Crippen molar-refractivity contribution in [1.29, 1.82) is 0 Å². The van der Waals surface area contributed by atoms with E-state index in [1.807, 2.05) is 0 Å². The quantitative estimate of drug-likeness (QED) is 0.507. The first-order valence-electron chi connectivity index (χ1n) is 11.6. The fourth-order valence-electron chi connectivity index (χ4n) is 4.37. The van der Waals surface area contributed by atoms with Crippen molar-refractivity contribution in [3.8, 4) is 0 Å². The van der Waals surface area contributed by atoms with Crippen molar-refractivity contribution in [1.82, 2.24) is 14.5 Å². The monoisotopic (exact) mass is 466 g/mol. The molecule has 0 bridgehead atoms. The van der Waals surface area contributed by atoms with Crippen molar-refractivity contribution in [2.75, 3.05) is 18.4 Å². The van der Waals surface area contributed by atoms with Gasteiger partial charge in [-0.2, -0.15) is 0 Å². The van der Waals surface area contributed by atoms with Gasteiger partial charge in [-0.05, 0) is 63.4 Å². The molecule has 1 N–H and O–H groups in total. The number of hydrogen-bond donors (Lipinski definition) is 1. The van der Waals surface area contributed by atoms with Gasteiger partial charge in [0.05, 0.1) is 11.9 Å². The van der Waals surface area contributed by atoms with E-state index in [0.717, 1.165) is 49.2 Å². The van der Waals surface area contributed by atoms with Gasteiger partial charge in [0, 0.05) is 16.1 Å². The molecular weight excluding hydrogens is 436 g/mol. The maximum absolute atomic E-state index is 13.7. The van der Waals surface area contributed by atoms with Crippen LogP contribution < -0.4 is 10.9 Å². The van der Waals surface area contributed by atoms with Crippen LogP contribution >= 0.6 is 11.3 Å². The Morgan fingerprint density at radius 1 is 1.18 bits per heavy atom. The molecule has 174 valence electrons. The Morgan fingerprint density at radius 3 is 2.67 bits per heavy atom. The van der Waals surface area contributed by atoms with E-state index in [4.69, 9.17) is 4.98 Å². The molecule has 0 unspecified atom stereocenters. The minimum Gasteiger partial charge on any atom is -0.325 e. The molecule has 0 atom stereocenters. The molecule has 0 saturated carbocycles. The number of aryl methyl sites for hydroxylation is 2.